The molecule has 0 heterocycles. The second kappa shape index (κ2) is 8.71. The number of sulfonamides is 1. The number of hydrogen-bond acceptors (Lipinski definition) is 3. The van der Waals surface area contributed by atoms with Gasteiger partial charge in [-0.2, -0.15) is 0 Å². The first-order valence-electron chi connectivity index (χ1n) is 9.20. The molecule has 144 valence electrons. The molecule has 2 aromatic carbocycles. The van der Waals surface area contributed by atoms with E-state index in [-0.39, 0.29) is 4.90 Å². The predicted molar refractivity (Wildman–Crippen MR) is 115 cm³/mol. The topological polar surface area (TPSA) is 70.2 Å². The zero-order valence-electron chi connectivity index (χ0n) is 15.4. The van der Waals surface area contributed by atoms with Crippen molar-refractivity contribution >= 4 is 38.7 Å². The molecule has 0 aliphatic heterocycles. The van der Waals surface area contributed by atoms with Gasteiger partial charge in [-0.15, -0.1) is 0 Å². The van der Waals surface area contributed by atoms with Crippen LogP contribution in [0.3, 0.4) is 0 Å². The maximum Gasteiger partial charge on any atom is 0.261 e. The van der Waals surface area contributed by atoms with Gasteiger partial charge in [0.1, 0.15) is 0 Å². The van der Waals surface area contributed by atoms with Crippen molar-refractivity contribution in [1.29, 1.82) is 0 Å². The smallest absolute Gasteiger partial charge is 0.261 e. The van der Waals surface area contributed by atoms with Crippen molar-refractivity contribution in [3.8, 4) is 0 Å². The molecule has 1 fully saturated rings. The number of benzene rings is 2. The Hall–Kier alpha value is -2.12. The van der Waals surface area contributed by atoms with Crippen molar-refractivity contribution in [2.75, 3.05) is 10.0 Å². The molecule has 0 bridgehead atoms. The SMILES string of the molecule is Cc1ccccc1NS(=O)(=O)c1ccc(NC(=S)NC2CCCCC2)cc1. The normalized spacial score (nSPS) is 15.1. The molecule has 2 aromatic rings. The van der Waals surface area contributed by atoms with E-state index in [1.807, 2.05) is 19.1 Å². The van der Waals surface area contributed by atoms with E-state index < -0.39 is 10.0 Å². The Balaban J connectivity index is 1.62. The van der Waals surface area contributed by atoms with E-state index in [9.17, 15) is 8.42 Å². The highest BCUT2D eigenvalue weighted by Gasteiger charge is 2.16. The van der Waals surface area contributed by atoms with E-state index in [0.717, 1.165) is 24.1 Å². The van der Waals surface area contributed by atoms with Crippen LogP contribution in [-0.2, 0) is 10.0 Å². The molecule has 0 radical (unpaired) electrons. The Labute approximate surface area is 166 Å². The third-order valence-electron chi connectivity index (χ3n) is 4.75. The molecule has 3 N–H and O–H groups in total. The number of para-hydroxylation sites is 1. The van der Waals surface area contributed by atoms with Gasteiger partial charge in [0.25, 0.3) is 10.0 Å². The largest absolute Gasteiger partial charge is 0.360 e. The highest BCUT2D eigenvalue weighted by molar-refractivity contribution is 7.92. The van der Waals surface area contributed by atoms with Gasteiger partial charge in [0.15, 0.2) is 5.11 Å². The van der Waals surface area contributed by atoms with Crippen LogP contribution in [0.4, 0.5) is 11.4 Å². The van der Waals surface area contributed by atoms with Crippen LogP contribution in [0.1, 0.15) is 37.7 Å². The van der Waals surface area contributed by atoms with Crippen LogP contribution in [0.25, 0.3) is 0 Å². The number of hydrogen-bond donors (Lipinski definition) is 3. The third-order valence-corrected chi connectivity index (χ3v) is 6.35. The monoisotopic (exact) mass is 403 g/mol. The van der Waals surface area contributed by atoms with Gasteiger partial charge in [0, 0.05) is 11.7 Å². The summed E-state index contributed by atoms with van der Waals surface area (Å²) in [5, 5.41) is 7.05. The zero-order chi connectivity index (χ0) is 19.3. The van der Waals surface area contributed by atoms with E-state index in [1.54, 1.807) is 36.4 Å². The van der Waals surface area contributed by atoms with Crippen molar-refractivity contribution in [2.45, 2.75) is 50.0 Å². The summed E-state index contributed by atoms with van der Waals surface area (Å²) in [5.41, 5.74) is 2.22. The van der Waals surface area contributed by atoms with Gasteiger partial charge in [-0.05, 0) is 67.9 Å². The van der Waals surface area contributed by atoms with E-state index in [4.69, 9.17) is 12.2 Å². The second-order valence-corrected chi connectivity index (χ2v) is 8.97. The van der Waals surface area contributed by atoms with E-state index in [2.05, 4.69) is 15.4 Å². The van der Waals surface area contributed by atoms with Crippen molar-refractivity contribution in [3.63, 3.8) is 0 Å². The molecule has 0 saturated heterocycles. The van der Waals surface area contributed by atoms with Crippen molar-refractivity contribution < 1.29 is 8.42 Å². The van der Waals surface area contributed by atoms with Crippen molar-refractivity contribution in [2.24, 2.45) is 0 Å². The fraction of sp³-hybridized carbons (Fsp3) is 0.350. The minimum atomic E-state index is -3.63. The lowest BCUT2D eigenvalue weighted by Crippen LogP contribution is -2.38. The molecule has 5 nitrogen and oxygen atoms in total. The van der Waals surface area contributed by atoms with E-state index in [0.29, 0.717) is 16.8 Å². The van der Waals surface area contributed by atoms with Gasteiger partial charge in [-0.3, -0.25) is 4.72 Å². The predicted octanol–water partition coefficient (Wildman–Crippen LogP) is 4.41. The van der Waals surface area contributed by atoms with E-state index >= 15 is 0 Å². The second-order valence-electron chi connectivity index (χ2n) is 6.88. The van der Waals surface area contributed by atoms with Crippen molar-refractivity contribution in [1.82, 2.24) is 5.32 Å². The van der Waals surface area contributed by atoms with Crippen LogP contribution in [0.5, 0.6) is 0 Å². The average Bonchev–Trinajstić information content (AvgIpc) is 2.65. The fourth-order valence-electron chi connectivity index (χ4n) is 3.21. The Morgan fingerprint density at radius 2 is 1.67 bits per heavy atom. The summed E-state index contributed by atoms with van der Waals surface area (Å²) >= 11 is 5.37. The first kappa shape index (κ1) is 19.6. The van der Waals surface area contributed by atoms with Gasteiger partial charge < -0.3 is 10.6 Å². The van der Waals surface area contributed by atoms with Gasteiger partial charge in [0.05, 0.1) is 10.6 Å². The Morgan fingerprint density at radius 3 is 2.33 bits per heavy atom. The van der Waals surface area contributed by atoms with Gasteiger partial charge in [0.2, 0.25) is 0 Å². The van der Waals surface area contributed by atoms with Gasteiger partial charge in [-0.25, -0.2) is 8.42 Å². The molecule has 3 rings (SSSR count). The molecule has 0 amide bonds. The fourth-order valence-corrected chi connectivity index (χ4v) is 4.62. The van der Waals surface area contributed by atoms with Crippen LogP contribution in [0.15, 0.2) is 53.4 Å². The molecule has 27 heavy (non-hydrogen) atoms. The molecule has 1 saturated carbocycles. The summed E-state index contributed by atoms with van der Waals surface area (Å²) in [6, 6.07) is 14.3. The third kappa shape index (κ3) is 5.43. The van der Waals surface area contributed by atoms with Crippen LogP contribution < -0.4 is 15.4 Å². The summed E-state index contributed by atoms with van der Waals surface area (Å²) in [5.74, 6) is 0. The minimum absolute atomic E-state index is 0.211. The summed E-state index contributed by atoms with van der Waals surface area (Å²) in [6.07, 6.45) is 6.06. The van der Waals surface area contributed by atoms with Crippen LogP contribution in [-0.4, -0.2) is 19.6 Å². The number of thiocarbonyl (C=S) groups is 1. The Kier molecular flexibility index (Phi) is 6.34. The molecule has 1 aliphatic carbocycles. The molecule has 0 atom stereocenters. The summed E-state index contributed by atoms with van der Waals surface area (Å²) < 4.78 is 27.8. The maximum absolute atomic E-state index is 12.6. The molecule has 7 heteroatoms. The average molecular weight is 404 g/mol. The highest BCUT2D eigenvalue weighted by Crippen LogP contribution is 2.21. The molecule has 0 aromatic heterocycles. The first-order chi connectivity index (χ1) is 12.9. The summed E-state index contributed by atoms with van der Waals surface area (Å²) in [6.45, 7) is 1.87. The standard InChI is InChI=1S/C20H25N3O2S2/c1-15-7-5-6-10-19(15)23-27(24,25)18-13-11-17(12-14-18)22-20(26)21-16-8-3-2-4-9-16/h5-7,10-14,16,23H,2-4,8-9H2,1H3,(H2,21,22,26). The molecular formula is C20H25N3O2S2. The van der Waals surface area contributed by atoms with Crippen LogP contribution in [0.2, 0.25) is 0 Å². The maximum atomic E-state index is 12.6. The van der Waals surface area contributed by atoms with Crippen LogP contribution in [0, 0.1) is 6.92 Å². The van der Waals surface area contributed by atoms with E-state index in [1.165, 1.54) is 19.3 Å². The Bertz CT molecular complexity index is 890. The summed E-state index contributed by atoms with van der Waals surface area (Å²) in [4.78, 5) is 0.211. The molecule has 0 unspecified atom stereocenters. The lowest BCUT2D eigenvalue weighted by molar-refractivity contribution is 0.415. The van der Waals surface area contributed by atoms with Gasteiger partial charge >= 0.3 is 0 Å². The lowest BCUT2D eigenvalue weighted by atomic mass is 9.96. The minimum Gasteiger partial charge on any atom is -0.360 e. The number of rotatable bonds is 5. The zero-order valence-corrected chi connectivity index (χ0v) is 17.0. The number of nitrogens with one attached hydrogen (secondary N) is 3. The lowest BCUT2D eigenvalue weighted by Gasteiger charge is -2.24. The molecular weight excluding hydrogens is 378 g/mol. The van der Waals surface area contributed by atoms with Crippen molar-refractivity contribution in [3.05, 3.63) is 54.1 Å². The number of aryl methyl sites for hydroxylation is 1. The molecule has 0 spiro atoms. The first-order valence-corrected chi connectivity index (χ1v) is 11.1. The van der Waals surface area contributed by atoms with Crippen LogP contribution >= 0.6 is 12.2 Å². The quantitative estimate of drug-likeness (QED) is 0.645. The number of anilines is 2. The summed E-state index contributed by atoms with van der Waals surface area (Å²) in [7, 11) is -3.63. The molecule has 1 aliphatic rings. The van der Waals surface area contributed by atoms with Gasteiger partial charge in [-0.1, -0.05) is 37.5 Å². The highest BCUT2D eigenvalue weighted by atomic mass is 32.2. The Morgan fingerprint density at radius 1 is 1.00 bits per heavy atom.